The molecule has 0 amide bonds. The van der Waals surface area contributed by atoms with Crippen molar-refractivity contribution in [2.45, 2.75) is 12.5 Å². The Labute approximate surface area is 141 Å². The summed E-state index contributed by atoms with van der Waals surface area (Å²) >= 11 is 12.0. The van der Waals surface area contributed by atoms with E-state index in [0.717, 1.165) is 19.5 Å². The van der Waals surface area contributed by atoms with Gasteiger partial charge in [-0.05, 0) is 65.4 Å². The first-order valence-electron chi connectivity index (χ1n) is 5.97. The quantitative estimate of drug-likeness (QED) is 0.631. The minimum Gasteiger partial charge on any atom is -0.313 e. The number of nitrogens with one attached hydrogen (secondary N) is 1. The Hall–Kier alpha value is -0.100. The first-order chi connectivity index (χ1) is 9.11. The van der Waals surface area contributed by atoms with Crippen LogP contribution in [0, 0.1) is 3.57 Å². The molecule has 1 atom stereocenters. The van der Waals surface area contributed by atoms with Gasteiger partial charge in [0.05, 0.1) is 5.02 Å². The zero-order valence-corrected chi connectivity index (χ0v) is 15.0. The van der Waals surface area contributed by atoms with Gasteiger partial charge in [0.1, 0.15) is 0 Å². The van der Waals surface area contributed by atoms with Gasteiger partial charge in [-0.3, -0.25) is 0 Å². The molecule has 1 N–H and O–H groups in total. The minimum atomic E-state index is 0.258. The molecule has 1 unspecified atom stereocenters. The molecule has 0 bridgehead atoms. The van der Waals surface area contributed by atoms with Crippen LogP contribution in [0.15, 0.2) is 46.9 Å². The normalized spacial score (nSPS) is 12.4. The van der Waals surface area contributed by atoms with Gasteiger partial charge in [0.25, 0.3) is 0 Å². The second-order valence-corrected chi connectivity index (χ2v) is 6.73. The van der Waals surface area contributed by atoms with Crippen molar-refractivity contribution in [3.05, 3.63) is 66.7 Å². The van der Waals surface area contributed by atoms with E-state index in [4.69, 9.17) is 11.6 Å². The third kappa shape index (κ3) is 3.94. The molecule has 0 spiro atoms. The molecule has 2 aromatic rings. The molecule has 0 heterocycles. The molecule has 0 saturated carbocycles. The molecular weight excluding hydrogens is 436 g/mol. The molecule has 2 aromatic carbocycles. The number of hydrogen-bond donors (Lipinski definition) is 1. The van der Waals surface area contributed by atoms with Crippen molar-refractivity contribution in [2.24, 2.45) is 0 Å². The van der Waals surface area contributed by atoms with Gasteiger partial charge in [0.2, 0.25) is 0 Å². The third-order valence-electron chi connectivity index (χ3n) is 3.08. The van der Waals surface area contributed by atoms with Crippen molar-refractivity contribution in [1.29, 1.82) is 0 Å². The number of likely N-dealkylation sites (N-methyl/N-ethyl adjacent to an activating group) is 1. The maximum Gasteiger partial charge on any atom is 0.0542 e. The fraction of sp³-hybridized carbons (Fsp3) is 0.200. The molecule has 1 nitrogen and oxygen atoms in total. The Morgan fingerprint density at radius 1 is 1.26 bits per heavy atom. The first kappa shape index (κ1) is 15.3. The summed E-state index contributed by atoms with van der Waals surface area (Å²) in [5.41, 5.74) is 2.50. The van der Waals surface area contributed by atoms with E-state index in [9.17, 15) is 0 Å². The monoisotopic (exact) mass is 449 g/mol. The molecule has 0 saturated heterocycles. The minimum absolute atomic E-state index is 0.258. The van der Waals surface area contributed by atoms with E-state index in [0.29, 0.717) is 0 Å². The van der Waals surface area contributed by atoms with Crippen LogP contribution in [0.3, 0.4) is 0 Å². The van der Waals surface area contributed by atoms with Crippen molar-refractivity contribution >= 4 is 50.1 Å². The maximum absolute atomic E-state index is 6.20. The van der Waals surface area contributed by atoms with Gasteiger partial charge in [-0.2, -0.15) is 0 Å². The van der Waals surface area contributed by atoms with E-state index < -0.39 is 0 Å². The first-order valence-corrected chi connectivity index (χ1v) is 8.22. The molecule has 100 valence electrons. The van der Waals surface area contributed by atoms with Gasteiger partial charge in [-0.15, -0.1) is 0 Å². The van der Waals surface area contributed by atoms with Gasteiger partial charge < -0.3 is 5.32 Å². The van der Waals surface area contributed by atoms with Crippen LogP contribution in [0.1, 0.15) is 17.2 Å². The Balaban J connectivity index is 2.25. The summed E-state index contributed by atoms with van der Waals surface area (Å²) in [7, 11) is 1.98. The van der Waals surface area contributed by atoms with E-state index in [2.05, 4.69) is 74.2 Å². The lowest BCUT2D eigenvalue weighted by atomic mass is 9.99. The molecule has 0 radical (unpaired) electrons. The van der Waals surface area contributed by atoms with Crippen LogP contribution in [0.2, 0.25) is 5.02 Å². The van der Waals surface area contributed by atoms with E-state index in [-0.39, 0.29) is 6.04 Å². The van der Waals surface area contributed by atoms with E-state index >= 15 is 0 Å². The predicted molar refractivity (Wildman–Crippen MR) is 93.8 cm³/mol. The zero-order chi connectivity index (χ0) is 13.8. The second-order valence-electron chi connectivity index (χ2n) is 4.31. The molecule has 19 heavy (non-hydrogen) atoms. The molecule has 2 rings (SSSR count). The summed E-state index contributed by atoms with van der Waals surface area (Å²) in [6, 6.07) is 14.8. The summed E-state index contributed by atoms with van der Waals surface area (Å²) < 4.78 is 2.23. The fourth-order valence-corrected chi connectivity index (χ4v) is 2.97. The molecular formula is C15H14BrClIN. The Morgan fingerprint density at radius 3 is 2.63 bits per heavy atom. The highest BCUT2D eigenvalue weighted by Gasteiger charge is 2.13. The average molecular weight is 451 g/mol. The van der Waals surface area contributed by atoms with Crippen molar-refractivity contribution in [3.8, 4) is 0 Å². The number of halogens is 3. The lowest BCUT2D eigenvalue weighted by Crippen LogP contribution is -2.19. The SMILES string of the molecule is CNC(Cc1ccccc1Br)c1ccc(I)c(Cl)c1. The van der Waals surface area contributed by atoms with Crippen LogP contribution in [0.4, 0.5) is 0 Å². The lowest BCUT2D eigenvalue weighted by Gasteiger charge is -2.18. The summed E-state index contributed by atoms with van der Waals surface area (Å²) in [5.74, 6) is 0. The summed E-state index contributed by atoms with van der Waals surface area (Å²) in [6.07, 6.45) is 0.925. The Bertz CT molecular complexity index is 574. The molecule has 0 aliphatic rings. The lowest BCUT2D eigenvalue weighted by molar-refractivity contribution is 0.591. The third-order valence-corrected chi connectivity index (χ3v) is 5.42. The van der Waals surface area contributed by atoms with E-state index in [1.807, 2.05) is 19.2 Å². The van der Waals surface area contributed by atoms with Gasteiger partial charge in [-0.1, -0.05) is 51.8 Å². The van der Waals surface area contributed by atoms with Gasteiger partial charge >= 0.3 is 0 Å². The van der Waals surface area contributed by atoms with Crippen molar-refractivity contribution < 1.29 is 0 Å². The van der Waals surface area contributed by atoms with Crippen LogP contribution in [0.5, 0.6) is 0 Å². The predicted octanol–water partition coefficient (Wildman–Crippen LogP) is 5.21. The van der Waals surface area contributed by atoms with Gasteiger partial charge in [0, 0.05) is 14.1 Å². The molecule has 4 heteroatoms. The number of rotatable bonds is 4. The van der Waals surface area contributed by atoms with Crippen molar-refractivity contribution in [3.63, 3.8) is 0 Å². The highest BCUT2D eigenvalue weighted by atomic mass is 127. The summed E-state index contributed by atoms with van der Waals surface area (Å²) in [4.78, 5) is 0. The van der Waals surface area contributed by atoms with E-state index in [1.165, 1.54) is 11.1 Å². The molecule has 0 aliphatic heterocycles. The second kappa shape index (κ2) is 7.07. The fourth-order valence-electron chi connectivity index (χ4n) is 2.00. The number of benzene rings is 2. The van der Waals surface area contributed by atoms with Crippen LogP contribution in [-0.4, -0.2) is 7.05 Å². The highest BCUT2D eigenvalue weighted by molar-refractivity contribution is 14.1. The van der Waals surface area contributed by atoms with Crippen LogP contribution in [0.25, 0.3) is 0 Å². The largest absolute Gasteiger partial charge is 0.313 e. The van der Waals surface area contributed by atoms with Crippen molar-refractivity contribution in [1.82, 2.24) is 5.32 Å². The van der Waals surface area contributed by atoms with E-state index in [1.54, 1.807) is 0 Å². The van der Waals surface area contributed by atoms with Crippen LogP contribution < -0.4 is 5.32 Å². The Kier molecular flexibility index (Phi) is 5.69. The summed E-state index contributed by atoms with van der Waals surface area (Å²) in [5, 5.41) is 4.17. The topological polar surface area (TPSA) is 12.0 Å². The highest BCUT2D eigenvalue weighted by Crippen LogP contribution is 2.27. The van der Waals surface area contributed by atoms with Crippen LogP contribution in [-0.2, 0) is 6.42 Å². The maximum atomic E-state index is 6.20. The molecule has 0 fully saturated rings. The average Bonchev–Trinajstić information content (AvgIpc) is 2.41. The van der Waals surface area contributed by atoms with Gasteiger partial charge in [-0.25, -0.2) is 0 Å². The molecule has 0 aromatic heterocycles. The standard InChI is InChI=1S/C15H14BrClIN/c1-19-15(9-10-4-2-3-5-12(10)16)11-6-7-14(18)13(17)8-11/h2-8,15,19H,9H2,1H3. The van der Waals surface area contributed by atoms with Crippen LogP contribution >= 0.6 is 50.1 Å². The van der Waals surface area contributed by atoms with Gasteiger partial charge in [0.15, 0.2) is 0 Å². The van der Waals surface area contributed by atoms with Crippen molar-refractivity contribution in [2.75, 3.05) is 7.05 Å². The smallest absolute Gasteiger partial charge is 0.0542 e. The zero-order valence-electron chi connectivity index (χ0n) is 10.5. The molecule has 0 aliphatic carbocycles. The summed E-state index contributed by atoms with van der Waals surface area (Å²) in [6.45, 7) is 0. The Morgan fingerprint density at radius 2 is 2.00 bits per heavy atom. The number of hydrogen-bond acceptors (Lipinski definition) is 1.